The summed E-state index contributed by atoms with van der Waals surface area (Å²) < 4.78 is 37.6. The number of phenols is 1. The van der Waals surface area contributed by atoms with Crippen LogP contribution in [0.3, 0.4) is 0 Å². The Hall–Kier alpha value is -2.41. The predicted octanol–water partition coefficient (Wildman–Crippen LogP) is 4.60. The van der Waals surface area contributed by atoms with Crippen LogP contribution in [0.2, 0.25) is 0 Å². The molecule has 0 saturated heterocycles. The number of hydrogen-bond acceptors (Lipinski definition) is 4. The van der Waals surface area contributed by atoms with Gasteiger partial charge in [-0.1, -0.05) is 35.6 Å². The lowest BCUT2D eigenvalue weighted by molar-refractivity contribution is -0.137. The summed E-state index contributed by atoms with van der Waals surface area (Å²) >= 11 is 1.20. The van der Waals surface area contributed by atoms with Crippen LogP contribution in [0.15, 0.2) is 48.5 Å². The molecule has 0 radical (unpaired) electrons. The van der Waals surface area contributed by atoms with Crippen LogP contribution in [0.5, 0.6) is 5.75 Å². The van der Waals surface area contributed by atoms with Gasteiger partial charge in [-0.15, -0.1) is 10.2 Å². The number of rotatable bonds is 2. The first-order valence-corrected chi connectivity index (χ1v) is 7.06. The Kier molecular flexibility index (Phi) is 3.58. The number of aromatic nitrogens is 2. The Labute approximate surface area is 127 Å². The first-order chi connectivity index (χ1) is 10.4. The number of phenolic OH excluding ortho intramolecular Hbond substituents is 1. The van der Waals surface area contributed by atoms with E-state index in [1.807, 2.05) is 0 Å². The summed E-state index contributed by atoms with van der Waals surface area (Å²) in [6.45, 7) is 0. The Morgan fingerprint density at radius 2 is 1.50 bits per heavy atom. The second kappa shape index (κ2) is 5.42. The third-order valence-electron chi connectivity index (χ3n) is 3.02. The minimum absolute atomic E-state index is 0.0811. The van der Waals surface area contributed by atoms with E-state index < -0.39 is 11.7 Å². The summed E-state index contributed by atoms with van der Waals surface area (Å²) in [5.74, 6) is 0.0811. The Morgan fingerprint density at radius 1 is 0.864 bits per heavy atom. The van der Waals surface area contributed by atoms with Gasteiger partial charge in [-0.3, -0.25) is 0 Å². The molecule has 1 aromatic heterocycles. The molecule has 3 rings (SSSR count). The smallest absolute Gasteiger partial charge is 0.416 e. The minimum Gasteiger partial charge on any atom is -0.507 e. The molecule has 0 atom stereocenters. The van der Waals surface area contributed by atoms with Gasteiger partial charge >= 0.3 is 6.18 Å². The molecule has 1 N–H and O–H groups in total. The summed E-state index contributed by atoms with van der Waals surface area (Å²) in [7, 11) is 0. The van der Waals surface area contributed by atoms with Crippen molar-refractivity contribution < 1.29 is 18.3 Å². The SMILES string of the molecule is Oc1ccccc1-c1nnc(-c2ccc(C(F)(F)F)cc2)s1. The van der Waals surface area contributed by atoms with Crippen molar-refractivity contribution in [1.82, 2.24) is 10.2 Å². The van der Waals surface area contributed by atoms with Gasteiger partial charge in [0.25, 0.3) is 0 Å². The van der Waals surface area contributed by atoms with E-state index in [1.165, 1.54) is 29.5 Å². The van der Waals surface area contributed by atoms with Crippen molar-refractivity contribution >= 4 is 11.3 Å². The molecular weight excluding hydrogens is 313 g/mol. The predicted molar refractivity (Wildman–Crippen MR) is 77.4 cm³/mol. The highest BCUT2D eigenvalue weighted by atomic mass is 32.1. The fourth-order valence-electron chi connectivity index (χ4n) is 1.91. The summed E-state index contributed by atoms with van der Waals surface area (Å²) in [5, 5.41) is 18.7. The van der Waals surface area contributed by atoms with Gasteiger partial charge in [0.2, 0.25) is 0 Å². The van der Waals surface area contributed by atoms with E-state index in [1.54, 1.807) is 18.2 Å². The van der Waals surface area contributed by atoms with E-state index in [2.05, 4.69) is 10.2 Å². The number of hydrogen-bond donors (Lipinski definition) is 1. The first kappa shape index (κ1) is 14.5. The molecule has 0 saturated carbocycles. The molecule has 0 unspecified atom stereocenters. The number of nitrogens with zero attached hydrogens (tertiary/aromatic N) is 2. The molecule has 3 nitrogen and oxygen atoms in total. The molecular formula is C15H9F3N2OS. The fourth-order valence-corrected chi connectivity index (χ4v) is 2.79. The number of para-hydroxylation sites is 1. The van der Waals surface area contributed by atoms with Crippen molar-refractivity contribution in [3.05, 3.63) is 54.1 Å². The molecule has 0 bridgehead atoms. The summed E-state index contributed by atoms with van der Waals surface area (Å²) in [6.07, 6.45) is -4.36. The molecule has 0 amide bonds. The van der Waals surface area contributed by atoms with E-state index >= 15 is 0 Å². The fraction of sp³-hybridized carbons (Fsp3) is 0.0667. The number of aromatic hydroxyl groups is 1. The van der Waals surface area contributed by atoms with E-state index in [-0.39, 0.29) is 5.75 Å². The summed E-state index contributed by atoms with van der Waals surface area (Å²) in [5.41, 5.74) is 0.382. The molecule has 1 heterocycles. The summed E-state index contributed by atoms with van der Waals surface area (Å²) in [6, 6.07) is 11.4. The van der Waals surface area contributed by atoms with Crippen LogP contribution >= 0.6 is 11.3 Å². The van der Waals surface area contributed by atoms with Crippen LogP contribution in [0.25, 0.3) is 21.1 Å². The lowest BCUT2D eigenvalue weighted by Gasteiger charge is -2.06. The second-order valence-electron chi connectivity index (χ2n) is 4.50. The number of halogens is 3. The van der Waals surface area contributed by atoms with Crippen LogP contribution in [0.4, 0.5) is 13.2 Å². The largest absolute Gasteiger partial charge is 0.507 e. The van der Waals surface area contributed by atoms with Crippen molar-refractivity contribution in [2.75, 3.05) is 0 Å². The zero-order valence-electron chi connectivity index (χ0n) is 11.0. The molecule has 0 aliphatic rings. The number of alkyl halides is 3. The monoisotopic (exact) mass is 322 g/mol. The minimum atomic E-state index is -4.36. The number of benzene rings is 2. The van der Waals surface area contributed by atoms with Gasteiger partial charge in [0.05, 0.1) is 11.1 Å². The highest BCUT2D eigenvalue weighted by molar-refractivity contribution is 7.18. The van der Waals surface area contributed by atoms with Crippen molar-refractivity contribution in [1.29, 1.82) is 0 Å². The molecule has 2 aromatic carbocycles. The van der Waals surface area contributed by atoms with Crippen LogP contribution in [0, 0.1) is 0 Å². The molecule has 0 spiro atoms. The van der Waals surface area contributed by atoms with Crippen molar-refractivity contribution in [2.45, 2.75) is 6.18 Å². The zero-order valence-corrected chi connectivity index (χ0v) is 11.8. The van der Waals surface area contributed by atoms with E-state index in [9.17, 15) is 18.3 Å². The normalized spacial score (nSPS) is 11.6. The topological polar surface area (TPSA) is 46.0 Å². The quantitative estimate of drug-likeness (QED) is 0.750. The Morgan fingerprint density at radius 3 is 2.14 bits per heavy atom. The molecule has 3 aromatic rings. The average Bonchev–Trinajstić information content (AvgIpc) is 2.96. The van der Waals surface area contributed by atoms with Gasteiger partial charge < -0.3 is 5.11 Å². The zero-order chi connectivity index (χ0) is 15.7. The van der Waals surface area contributed by atoms with E-state index in [4.69, 9.17) is 0 Å². The van der Waals surface area contributed by atoms with Crippen molar-refractivity contribution in [3.8, 4) is 26.9 Å². The molecule has 22 heavy (non-hydrogen) atoms. The maximum absolute atomic E-state index is 12.5. The first-order valence-electron chi connectivity index (χ1n) is 6.24. The third kappa shape index (κ3) is 2.80. The van der Waals surface area contributed by atoms with Crippen LogP contribution in [-0.2, 0) is 6.18 Å². The van der Waals surface area contributed by atoms with Gasteiger partial charge in [0.1, 0.15) is 10.8 Å². The van der Waals surface area contributed by atoms with Gasteiger partial charge in [-0.05, 0) is 24.3 Å². The van der Waals surface area contributed by atoms with Crippen LogP contribution in [0.1, 0.15) is 5.56 Å². The highest BCUT2D eigenvalue weighted by Gasteiger charge is 2.30. The lowest BCUT2D eigenvalue weighted by atomic mass is 10.1. The molecule has 7 heteroatoms. The van der Waals surface area contributed by atoms with E-state index in [0.717, 1.165) is 12.1 Å². The van der Waals surface area contributed by atoms with Gasteiger partial charge in [-0.2, -0.15) is 13.2 Å². The lowest BCUT2D eigenvalue weighted by Crippen LogP contribution is -2.03. The molecule has 0 fully saturated rings. The maximum Gasteiger partial charge on any atom is 0.416 e. The van der Waals surface area contributed by atoms with Crippen molar-refractivity contribution in [3.63, 3.8) is 0 Å². The second-order valence-corrected chi connectivity index (χ2v) is 5.48. The maximum atomic E-state index is 12.5. The van der Waals surface area contributed by atoms with Crippen molar-refractivity contribution in [2.24, 2.45) is 0 Å². The Bertz CT molecular complexity index is 797. The van der Waals surface area contributed by atoms with Crippen LogP contribution in [-0.4, -0.2) is 15.3 Å². The summed E-state index contributed by atoms with van der Waals surface area (Å²) in [4.78, 5) is 0. The molecule has 0 aliphatic carbocycles. The third-order valence-corrected chi connectivity index (χ3v) is 4.02. The van der Waals surface area contributed by atoms with E-state index in [0.29, 0.717) is 21.1 Å². The van der Waals surface area contributed by atoms with Gasteiger partial charge in [0.15, 0.2) is 5.01 Å². The average molecular weight is 322 g/mol. The highest BCUT2D eigenvalue weighted by Crippen LogP contribution is 2.35. The van der Waals surface area contributed by atoms with Crippen LogP contribution < -0.4 is 0 Å². The van der Waals surface area contributed by atoms with Gasteiger partial charge in [-0.25, -0.2) is 0 Å². The standard InChI is InChI=1S/C15H9F3N2OS/c16-15(17,18)10-7-5-9(6-8-10)13-19-20-14(22-13)11-3-1-2-4-12(11)21/h1-8,21H. The Balaban J connectivity index is 1.93. The molecule has 112 valence electrons. The van der Waals surface area contributed by atoms with Gasteiger partial charge in [0, 0.05) is 5.56 Å². The molecule has 0 aliphatic heterocycles.